The number of hydrogen-bond donors (Lipinski definition) is 0. The van der Waals surface area contributed by atoms with E-state index < -0.39 is 23.8 Å². The van der Waals surface area contributed by atoms with Gasteiger partial charge in [0.05, 0.1) is 6.42 Å². The first-order chi connectivity index (χ1) is 4.36. The van der Waals surface area contributed by atoms with Crippen molar-refractivity contribution in [3.8, 4) is 0 Å². The van der Waals surface area contributed by atoms with Gasteiger partial charge in [-0.3, -0.25) is 0 Å². The molecule has 0 rings (SSSR count). The van der Waals surface area contributed by atoms with Gasteiger partial charge in [0.15, 0.2) is 0 Å². The highest BCUT2D eigenvalue weighted by Gasteiger charge is 2.40. The Morgan fingerprint density at radius 2 is 1.90 bits per heavy atom. The molecule has 0 aliphatic rings. The van der Waals surface area contributed by atoms with E-state index in [0.29, 0.717) is 0 Å². The van der Waals surface area contributed by atoms with E-state index in [2.05, 4.69) is 6.58 Å². The summed E-state index contributed by atoms with van der Waals surface area (Å²) in [6.45, 7) is 2.87. The van der Waals surface area contributed by atoms with Crippen molar-refractivity contribution in [2.75, 3.05) is 0 Å². The molecular formula is C5H5ClF4. The number of halogens is 5. The van der Waals surface area contributed by atoms with Gasteiger partial charge < -0.3 is 0 Å². The highest BCUT2D eigenvalue weighted by molar-refractivity contribution is 6.29. The van der Waals surface area contributed by atoms with E-state index in [1.807, 2.05) is 0 Å². The van der Waals surface area contributed by atoms with Crippen LogP contribution in [0.25, 0.3) is 0 Å². The van der Waals surface area contributed by atoms with Crippen molar-refractivity contribution in [2.24, 2.45) is 0 Å². The van der Waals surface area contributed by atoms with Gasteiger partial charge in [-0.1, -0.05) is 18.2 Å². The van der Waals surface area contributed by atoms with Crippen LogP contribution in [0.1, 0.15) is 6.42 Å². The summed E-state index contributed by atoms with van der Waals surface area (Å²) >= 11 is 4.90. The molecule has 0 saturated carbocycles. The molecule has 0 aromatic carbocycles. The first-order valence-corrected chi connectivity index (χ1v) is 2.73. The predicted molar refractivity (Wildman–Crippen MR) is 30.6 cm³/mol. The van der Waals surface area contributed by atoms with Gasteiger partial charge in [0.1, 0.15) is 0 Å². The lowest BCUT2D eigenvalue weighted by Crippen LogP contribution is -2.25. The minimum atomic E-state index is -4.04. The van der Waals surface area contributed by atoms with Gasteiger partial charge in [0.2, 0.25) is 0 Å². The van der Waals surface area contributed by atoms with Gasteiger partial charge in [-0.2, -0.15) is 8.78 Å². The maximum absolute atomic E-state index is 11.9. The molecule has 0 spiro atoms. The molecule has 0 aliphatic carbocycles. The molecule has 0 aliphatic heterocycles. The van der Waals surface area contributed by atoms with Crippen LogP contribution in [0, 0.1) is 0 Å². The number of allylic oxidation sites excluding steroid dienone is 1. The molecule has 0 amide bonds. The van der Waals surface area contributed by atoms with Crippen LogP contribution in [0.5, 0.6) is 0 Å². The fraction of sp³-hybridized carbons (Fsp3) is 0.600. The third-order valence-electron chi connectivity index (χ3n) is 0.747. The van der Waals surface area contributed by atoms with Gasteiger partial charge in [0, 0.05) is 5.03 Å². The standard InChI is InChI=1S/C5H5ClF4/c1-3(6)2-5(9,10)4(7)8/h4H,1-2H2. The van der Waals surface area contributed by atoms with E-state index in [0.717, 1.165) is 0 Å². The van der Waals surface area contributed by atoms with Crippen molar-refractivity contribution >= 4 is 11.6 Å². The fourth-order valence-electron chi connectivity index (χ4n) is 0.333. The summed E-state index contributed by atoms with van der Waals surface area (Å²) in [6, 6.07) is 0. The average molecular weight is 177 g/mol. The number of rotatable bonds is 3. The van der Waals surface area contributed by atoms with Crippen LogP contribution in [0.4, 0.5) is 17.6 Å². The molecule has 10 heavy (non-hydrogen) atoms. The molecule has 0 fully saturated rings. The van der Waals surface area contributed by atoms with E-state index in [4.69, 9.17) is 11.6 Å². The molecule has 0 heterocycles. The number of hydrogen-bond acceptors (Lipinski definition) is 0. The average Bonchev–Trinajstić information content (AvgIpc) is 1.60. The quantitative estimate of drug-likeness (QED) is 0.580. The van der Waals surface area contributed by atoms with Crippen LogP contribution in [-0.2, 0) is 0 Å². The normalized spacial score (nSPS) is 12.2. The third kappa shape index (κ3) is 3.06. The first kappa shape index (κ1) is 9.75. The van der Waals surface area contributed by atoms with E-state index in [1.54, 1.807) is 0 Å². The second kappa shape index (κ2) is 3.23. The molecule has 0 nitrogen and oxygen atoms in total. The maximum atomic E-state index is 11.9. The largest absolute Gasteiger partial charge is 0.312 e. The third-order valence-corrected chi connectivity index (χ3v) is 0.880. The monoisotopic (exact) mass is 176 g/mol. The molecule has 5 heteroatoms. The molecule has 0 unspecified atom stereocenters. The lowest BCUT2D eigenvalue weighted by Gasteiger charge is -2.13. The summed E-state index contributed by atoms with van der Waals surface area (Å²) in [7, 11) is 0. The van der Waals surface area contributed by atoms with Crippen LogP contribution in [-0.4, -0.2) is 12.3 Å². The zero-order valence-electron chi connectivity index (χ0n) is 4.88. The summed E-state index contributed by atoms with van der Waals surface area (Å²) in [5.74, 6) is -4.04. The molecule has 60 valence electrons. The Bertz CT molecular complexity index is 132. The fourth-order valence-corrected chi connectivity index (χ4v) is 0.511. The van der Waals surface area contributed by atoms with Crippen LogP contribution in [0.2, 0.25) is 0 Å². The van der Waals surface area contributed by atoms with Crippen molar-refractivity contribution < 1.29 is 17.6 Å². The predicted octanol–water partition coefficient (Wildman–Crippen LogP) is 3.03. The Morgan fingerprint density at radius 1 is 1.50 bits per heavy atom. The molecule has 0 bridgehead atoms. The van der Waals surface area contributed by atoms with Crippen LogP contribution >= 0.6 is 11.6 Å². The number of alkyl halides is 4. The summed E-state index contributed by atoms with van der Waals surface area (Å²) in [6.07, 6.45) is -4.85. The second-order valence-corrected chi connectivity index (χ2v) is 2.29. The smallest absolute Gasteiger partial charge is 0.204 e. The van der Waals surface area contributed by atoms with Gasteiger partial charge in [-0.05, 0) is 0 Å². The molecule has 0 aromatic heterocycles. The van der Waals surface area contributed by atoms with Gasteiger partial charge in [-0.15, -0.1) is 0 Å². The van der Waals surface area contributed by atoms with E-state index in [1.165, 1.54) is 0 Å². The Labute approximate surface area is 60.5 Å². The molecular weight excluding hydrogens is 172 g/mol. The van der Waals surface area contributed by atoms with Crippen molar-refractivity contribution in [2.45, 2.75) is 18.8 Å². The molecule has 0 saturated heterocycles. The zero-order valence-corrected chi connectivity index (χ0v) is 5.64. The first-order valence-electron chi connectivity index (χ1n) is 2.35. The molecule has 0 radical (unpaired) electrons. The topological polar surface area (TPSA) is 0 Å². The van der Waals surface area contributed by atoms with Crippen LogP contribution in [0.3, 0.4) is 0 Å². The van der Waals surface area contributed by atoms with E-state index in [9.17, 15) is 17.6 Å². The van der Waals surface area contributed by atoms with Gasteiger partial charge in [0.25, 0.3) is 0 Å². The SMILES string of the molecule is C=C(Cl)CC(F)(F)C(F)F. The summed E-state index contributed by atoms with van der Waals surface area (Å²) in [4.78, 5) is 0. The second-order valence-electron chi connectivity index (χ2n) is 1.76. The zero-order chi connectivity index (χ0) is 8.36. The van der Waals surface area contributed by atoms with Crippen molar-refractivity contribution in [1.82, 2.24) is 0 Å². The molecule has 0 atom stereocenters. The van der Waals surface area contributed by atoms with Crippen molar-refractivity contribution in [3.63, 3.8) is 0 Å². The minimum Gasteiger partial charge on any atom is -0.204 e. The van der Waals surface area contributed by atoms with Crippen molar-refractivity contribution in [3.05, 3.63) is 11.6 Å². The minimum absolute atomic E-state index is 0.467. The Hall–Kier alpha value is -0.250. The van der Waals surface area contributed by atoms with Crippen LogP contribution in [0.15, 0.2) is 11.6 Å². The maximum Gasteiger partial charge on any atom is 0.312 e. The molecule has 0 N–H and O–H groups in total. The van der Waals surface area contributed by atoms with Crippen LogP contribution < -0.4 is 0 Å². The highest BCUT2D eigenvalue weighted by Crippen LogP contribution is 2.30. The Morgan fingerprint density at radius 3 is 2.00 bits per heavy atom. The summed E-state index contributed by atoms with van der Waals surface area (Å²) in [5.41, 5.74) is 0. The summed E-state index contributed by atoms with van der Waals surface area (Å²) < 4.78 is 46.5. The Kier molecular flexibility index (Phi) is 3.15. The lowest BCUT2D eigenvalue weighted by molar-refractivity contribution is -0.125. The highest BCUT2D eigenvalue weighted by atomic mass is 35.5. The van der Waals surface area contributed by atoms with Gasteiger partial charge >= 0.3 is 12.3 Å². The lowest BCUT2D eigenvalue weighted by atomic mass is 10.2. The van der Waals surface area contributed by atoms with E-state index in [-0.39, 0.29) is 0 Å². The Balaban J connectivity index is 3.99. The van der Waals surface area contributed by atoms with Gasteiger partial charge in [-0.25, -0.2) is 8.78 Å². The van der Waals surface area contributed by atoms with Crippen molar-refractivity contribution in [1.29, 1.82) is 0 Å². The van der Waals surface area contributed by atoms with E-state index >= 15 is 0 Å². The summed E-state index contributed by atoms with van der Waals surface area (Å²) in [5, 5.41) is -0.467. The molecule has 0 aromatic rings.